The van der Waals surface area contributed by atoms with Crippen LogP contribution in [-0.2, 0) is 16.6 Å². The van der Waals surface area contributed by atoms with Gasteiger partial charge in [-0.15, -0.1) is 0 Å². The number of hydrogen-bond donors (Lipinski definition) is 0. The van der Waals surface area contributed by atoms with Gasteiger partial charge in [-0.25, -0.2) is 12.8 Å². The molecule has 1 amide bonds. The molecule has 0 aromatic heterocycles. The molecule has 0 fully saturated rings. The van der Waals surface area contributed by atoms with Crippen molar-refractivity contribution in [2.75, 3.05) is 25.5 Å². The summed E-state index contributed by atoms with van der Waals surface area (Å²) in [5.74, 6) is -0.268. The molecule has 0 spiro atoms. The molecule has 0 atom stereocenters. The second kappa shape index (κ2) is 9.18. The molecule has 3 aromatic rings. The molecule has 0 aliphatic heterocycles. The molecule has 8 heteroatoms. The first kappa shape index (κ1) is 22.3. The molecule has 31 heavy (non-hydrogen) atoms. The van der Waals surface area contributed by atoms with E-state index in [-0.39, 0.29) is 22.1 Å². The quantitative estimate of drug-likeness (QED) is 0.556. The first-order valence-corrected chi connectivity index (χ1v) is 10.9. The number of carbonyl (C=O) groups excluding carboxylic acids is 1. The highest BCUT2D eigenvalue weighted by atomic mass is 32.2. The highest BCUT2D eigenvalue weighted by Crippen LogP contribution is 2.25. The monoisotopic (exact) mass is 442 g/mol. The number of sulfonamides is 1. The van der Waals surface area contributed by atoms with Gasteiger partial charge in [0.2, 0.25) is 0 Å². The van der Waals surface area contributed by atoms with Gasteiger partial charge in [-0.1, -0.05) is 30.3 Å². The molecule has 0 heterocycles. The van der Waals surface area contributed by atoms with Crippen LogP contribution in [0, 0.1) is 5.82 Å². The third kappa shape index (κ3) is 4.86. The fraction of sp³-hybridized carbons (Fsp3) is 0.174. The van der Waals surface area contributed by atoms with Crippen molar-refractivity contribution in [3.05, 3.63) is 89.7 Å². The molecule has 0 unspecified atom stereocenters. The number of nitrogens with zero attached hydrogens (tertiary/aromatic N) is 2. The van der Waals surface area contributed by atoms with Crippen molar-refractivity contribution in [1.82, 2.24) is 4.90 Å². The van der Waals surface area contributed by atoms with Crippen LogP contribution < -0.4 is 9.04 Å². The lowest BCUT2D eigenvalue weighted by Gasteiger charge is -2.21. The molecule has 0 saturated carbocycles. The maximum Gasteiger partial charge on any atom is 0.264 e. The summed E-state index contributed by atoms with van der Waals surface area (Å²) in [6, 6.07) is 18.7. The van der Waals surface area contributed by atoms with E-state index in [1.807, 2.05) is 12.1 Å². The molecule has 0 N–H and O–H groups in total. The van der Waals surface area contributed by atoms with Crippen LogP contribution in [0.4, 0.5) is 10.1 Å². The average molecular weight is 443 g/mol. The predicted molar refractivity (Wildman–Crippen MR) is 117 cm³/mol. The summed E-state index contributed by atoms with van der Waals surface area (Å²) in [6.07, 6.45) is 0. The van der Waals surface area contributed by atoms with E-state index in [1.54, 1.807) is 38.4 Å². The molecular formula is C23H23FN2O4S. The minimum atomic E-state index is -4.05. The van der Waals surface area contributed by atoms with Gasteiger partial charge >= 0.3 is 0 Å². The van der Waals surface area contributed by atoms with Gasteiger partial charge in [0.1, 0.15) is 11.6 Å². The van der Waals surface area contributed by atoms with Crippen molar-refractivity contribution in [2.24, 2.45) is 0 Å². The van der Waals surface area contributed by atoms with Gasteiger partial charge in [0.25, 0.3) is 15.9 Å². The average Bonchev–Trinajstić information content (AvgIpc) is 2.79. The van der Waals surface area contributed by atoms with Crippen LogP contribution in [0.15, 0.2) is 77.7 Å². The van der Waals surface area contributed by atoms with Gasteiger partial charge in [0, 0.05) is 26.2 Å². The van der Waals surface area contributed by atoms with Crippen LogP contribution in [0.5, 0.6) is 5.75 Å². The molecule has 0 aliphatic rings. The Labute approximate surface area is 181 Å². The summed E-state index contributed by atoms with van der Waals surface area (Å²) in [7, 11) is 0.438. The summed E-state index contributed by atoms with van der Waals surface area (Å²) in [5, 5.41) is 0. The molecule has 0 radical (unpaired) electrons. The van der Waals surface area contributed by atoms with Crippen LogP contribution in [-0.4, -0.2) is 40.4 Å². The van der Waals surface area contributed by atoms with Gasteiger partial charge in [-0.2, -0.15) is 0 Å². The van der Waals surface area contributed by atoms with E-state index in [9.17, 15) is 17.6 Å². The topological polar surface area (TPSA) is 66.9 Å². The zero-order valence-electron chi connectivity index (χ0n) is 17.4. The smallest absolute Gasteiger partial charge is 0.264 e. The minimum absolute atomic E-state index is 0.0733. The number of halogens is 1. The number of methoxy groups -OCH3 is 1. The number of benzene rings is 3. The standard InChI is InChI=1S/C23H23FN2O4S/c1-25(16-17-11-13-19(30-3)14-12-17)23(27)18-7-6-8-20(15-18)31(28,29)26(2)22-10-5-4-9-21(22)24/h4-15H,16H2,1-3H3. The van der Waals surface area contributed by atoms with Crippen molar-refractivity contribution < 1.29 is 22.3 Å². The number of rotatable bonds is 7. The number of para-hydroxylation sites is 1. The van der Waals surface area contributed by atoms with Gasteiger partial charge in [-0.05, 0) is 48.0 Å². The Hall–Kier alpha value is -3.39. The Morgan fingerprint density at radius 2 is 1.65 bits per heavy atom. The molecule has 0 aliphatic carbocycles. The van der Waals surface area contributed by atoms with E-state index in [0.717, 1.165) is 15.6 Å². The van der Waals surface area contributed by atoms with Crippen LogP contribution in [0.3, 0.4) is 0 Å². The van der Waals surface area contributed by atoms with E-state index in [0.29, 0.717) is 6.54 Å². The normalized spacial score (nSPS) is 11.1. The van der Waals surface area contributed by atoms with Crippen molar-refractivity contribution in [1.29, 1.82) is 0 Å². The zero-order valence-corrected chi connectivity index (χ0v) is 18.3. The summed E-state index contributed by atoms with van der Waals surface area (Å²) >= 11 is 0. The Balaban J connectivity index is 1.82. The molecule has 0 bridgehead atoms. The first-order valence-electron chi connectivity index (χ1n) is 9.46. The van der Waals surface area contributed by atoms with Gasteiger partial charge in [-0.3, -0.25) is 9.10 Å². The maximum atomic E-state index is 14.1. The van der Waals surface area contributed by atoms with Crippen molar-refractivity contribution in [3.8, 4) is 5.75 Å². The summed E-state index contributed by atoms with van der Waals surface area (Å²) in [4.78, 5) is 14.3. The fourth-order valence-corrected chi connectivity index (χ4v) is 4.33. The number of carbonyl (C=O) groups is 1. The van der Waals surface area contributed by atoms with Gasteiger partial charge in [0.15, 0.2) is 0 Å². The van der Waals surface area contributed by atoms with Crippen molar-refractivity contribution >= 4 is 21.6 Å². The van der Waals surface area contributed by atoms with Gasteiger partial charge < -0.3 is 9.64 Å². The first-order chi connectivity index (χ1) is 14.7. The molecule has 3 aromatic carbocycles. The summed E-state index contributed by atoms with van der Waals surface area (Å²) in [5.41, 5.74) is 1.05. The lowest BCUT2D eigenvalue weighted by atomic mass is 10.1. The SMILES string of the molecule is COc1ccc(CN(C)C(=O)c2cccc(S(=O)(=O)N(C)c3ccccc3F)c2)cc1. The van der Waals surface area contributed by atoms with Crippen molar-refractivity contribution in [3.63, 3.8) is 0 Å². The predicted octanol–water partition coefficient (Wildman–Crippen LogP) is 3.93. The van der Waals surface area contributed by atoms with Crippen LogP contribution in [0.25, 0.3) is 0 Å². The second-order valence-electron chi connectivity index (χ2n) is 6.96. The second-order valence-corrected chi connectivity index (χ2v) is 8.93. The third-order valence-electron chi connectivity index (χ3n) is 4.86. The van der Waals surface area contributed by atoms with E-state index in [4.69, 9.17) is 4.74 Å². The molecule has 6 nitrogen and oxygen atoms in total. The Morgan fingerprint density at radius 3 is 2.29 bits per heavy atom. The van der Waals surface area contributed by atoms with Gasteiger partial charge in [0.05, 0.1) is 17.7 Å². The highest BCUT2D eigenvalue weighted by molar-refractivity contribution is 7.92. The van der Waals surface area contributed by atoms with E-state index >= 15 is 0 Å². The summed E-state index contributed by atoms with van der Waals surface area (Å²) in [6.45, 7) is 0.342. The zero-order chi connectivity index (χ0) is 22.6. The number of ether oxygens (including phenoxy) is 1. The summed E-state index contributed by atoms with van der Waals surface area (Å²) < 4.78 is 46.1. The fourth-order valence-electron chi connectivity index (χ4n) is 3.08. The minimum Gasteiger partial charge on any atom is -0.497 e. The highest BCUT2D eigenvalue weighted by Gasteiger charge is 2.25. The molecule has 0 saturated heterocycles. The number of hydrogen-bond acceptors (Lipinski definition) is 4. The maximum absolute atomic E-state index is 14.1. The Kier molecular flexibility index (Phi) is 6.60. The lowest BCUT2D eigenvalue weighted by Crippen LogP contribution is -2.29. The lowest BCUT2D eigenvalue weighted by molar-refractivity contribution is 0.0785. The molecule has 3 rings (SSSR count). The van der Waals surface area contributed by atoms with Crippen molar-refractivity contribution in [2.45, 2.75) is 11.4 Å². The number of anilines is 1. The Morgan fingerprint density at radius 1 is 0.968 bits per heavy atom. The van der Waals surface area contributed by atoms with Crippen LogP contribution >= 0.6 is 0 Å². The van der Waals surface area contributed by atoms with E-state index in [1.165, 1.54) is 48.3 Å². The third-order valence-corrected chi connectivity index (χ3v) is 6.62. The van der Waals surface area contributed by atoms with E-state index in [2.05, 4.69) is 0 Å². The van der Waals surface area contributed by atoms with E-state index < -0.39 is 15.8 Å². The largest absolute Gasteiger partial charge is 0.497 e. The Bertz CT molecular complexity index is 1180. The molecular weight excluding hydrogens is 419 g/mol. The number of amides is 1. The molecule has 162 valence electrons. The van der Waals surface area contributed by atoms with Crippen LogP contribution in [0.2, 0.25) is 0 Å². The van der Waals surface area contributed by atoms with Crippen LogP contribution in [0.1, 0.15) is 15.9 Å².